The Bertz CT molecular complexity index is 931. The van der Waals surface area contributed by atoms with Gasteiger partial charge < -0.3 is 0 Å². The molecule has 1 heterocycles. The minimum Gasteiger partial charge on any atom is -0.294 e. The van der Waals surface area contributed by atoms with Crippen molar-refractivity contribution in [1.29, 1.82) is 0 Å². The highest BCUT2D eigenvalue weighted by molar-refractivity contribution is 6.30. The summed E-state index contributed by atoms with van der Waals surface area (Å²) in [7, 11) is 0. The quantitative estimate of drug-likeness (QED) is 0.735. The number of halogens is 1. The number of carbonyl (C=O) groups excluding carboxylic acids is 2. The highest BCUT2D eigenvalue weighted by Crippen LogP contribution is 2.44. The van der Waals surface area contributed by atoms with Crippen LogP contribution in [-0.4, -0.2) is 11.7 Å². The number of rotatable bonds is 2. The molecule has 0 N–H and O–H groups in total. The zero-order chi connectivity index (χ0) is 18.3. The number of hydrogen-bond acceptors (Lipinski definition) is 2. The Kier molecular flexibility index (Phi) is 4.41. The molecule has 2 aromatic rings. The fourth-order valence-electron chi connectivity index (χ4n) is 4.09. The van der Waals surface area contributed by atoms with Gasteiger partial charge in [0.15, 0.2) is 5.78 Å². The monoisotopic (exact) mass is 365 g/mol. The number of para-hydroxylation sites is 1. The smallest absolute Gasteiger partial charge is 0.232 e. The van der Waals surface area contributed by atoms with Crippen LogP contribution in [0.2, 0.25) is 5.02 Å². The van der Waals surface area contributed by atoms with E-state index < -0.39 is 0 Å². The molecule has 0 saturated carbocycles. The molecule has 0 radical (unpaired) electrons. The molecule has 1 unspecified atom stereocenters. The molecule has 3 nitrogen and oxygen atoms in total. The molecule has 1 aliphatic heterocycles. The molecule has 26 heavy (non-hydrogen) atoms. The summed E-state index contributed by atoms with van der Waals surface area (Å²) in [4.78, 5) is 27.7. The predicted molar refractivity (Wildman–Crippen MR) is 103 cm³/mol. The van der Waals surface area contributed by atoms with E-state index in [4.69, 9.17) is 11.6 Å². The summed E-state index contributed by atoms with van der Waals surface area (Å²) < 4.78 is 0. The molecule has 0 spiro atoms. The Morgan fingerprint density at radius 3 is 2.62 bits per heavy atom. The van der Waals surface area contributed by atoms with E-state index in [0.29, 0.717) is 17.9 Å². The summed E-state index contributed by atoms with van der Waals surface area (Å²) in [6.45, 7) is 2.00. The maximum Gasteiger partial charge on any atom is 0.232 e. The normalized spacial score (nSPS) is 20.4. The van der Waals surface area contributed by atoms with Crippen LogP contribution in [0.15, 0.2) is 59.8 Å². The maximum atomic E-state index is 13.1. The van der Waals surface area contributed by atoms with Gasteiger partial charge in [-0.3, -0.25) is 14.5 Å². The highest BCUT2D eigenvalue weighted by Gasteiger charge is 2.39. The molecule has 4 rings (SSSR count). The van der Waals surface area contributed by atoms with Crippen LogP contribution in [0.3, 0.4) is 0 Å². The second kappa shape index (κ2) is 6.73. The SMILES string of the molecule is Cc1ccccc1N1C(=O)CC(c2cccc(Cl)c2)C2=C1CCCC2=O. The summed E-state index contributed by atoms with van der Waals surface area (Å²) in [6.07, 6.45) is 2.37. The zero-order valence-electron chi connectivity index (χ0n) is 14.7. The van der Waals surface area contributed by atoms with Gasteiger partial charge in [-0.05, 0) is 49.1 Å². The fraction of sp³-hybridized carbons (Fsp3) is 0.273. The maximum absolute atomic E-state index is 13.1. The molecule has 0 fully saturated rings. The van der Waals surface area contributed by atoms with Gasteiger partial charge in [0.2, 0.25) is 5.91 Å². The number of hydrogen-bond donors (Lipinski definition) is 0. The molecule has 0 bridgehead atoms. The van der Waals surface area contributed by atoms with Crippen molar-refractivity contribution in [3.63, 3.8) is 0 Å². The first-order chi connectivity index (χ1) is 12.6. The number of anilines is 1. The Hall–Kier alpha value is -2.39. The van der Waals surface area contributed by atoms with Gasteiger partial charge >= 0.3 is 0 Å². The Morgan fingerprint density at radius 2 is 1.85 bits per heavy atom. The van der Waals surface area contributed by atoms with Crippen LogP contribution in [0, 0.1) is 6.92 Å². The lowest BCUT2D eigenvalue weighted by molar-refractivity contribution is -0.119. The molecule has 1 amide bonds. The largest absolute Gasteiger partial charge is 0.294 e. The third kappa shape index (κ3) is 2.86. The number of ketones is 1. The van der Waals surface area contributed by atoms with Crippen molar-refractivity contribution in [1.82, 2.24) is 0 Å². The summed E-state index contributed by atoms with van der Waals surface area (Å²) >= 11 is 6.16. The van der Waals surface area contributed by atoms with Gasteiger partial charge in [0, 0.05) is 35.1 Å². The number of Topliss-reactive ketones (excluding diaryl/α,β-unsaturated/α-hetero) is 1. The highest BCUT2D eigenvalue weighted by atomic mass is 35.5. The average Bonchev–Trinajstić information content (AvgIpc) is 2.62. The topological polar surface area (TPSA) is 37.4 Å². The Labute approximate surface area is 158 Å². The van der Waals surface area contributed by atoms with Crippen LogP contribution in [0.1, 0.15) is 42.7 Å². The Balaban J connectivity index is 1.89. The van der Waals surface area contributed by atoms with Gasteiger partial charge in [-0.1, -0.05) is 41.9 Å². The van der Waals surface area contributed by atoms with E-state index in [9.17, 15) is 9.59 Å². The lowest BCUT2D eigenvalue weighted by Gasteiger charge is -2.39. The Morgan fingerprint density at radius 1 is 1.04 bits per heavy atom. The van der Waals surface area contributed by atoms with E-state index in [1.165, 1.54) is 0 Å². The summed E-state index contributed by atoms with van der Waals surface area (Å²) in [5, 5.41) is 0.627. The van der Waals surface area contributed by atoms with Crippen LogP contribution < -0.4 is 4.90 Å². The van der Waals surface area contributed by atoms with Crippen molar-refractivity contribution in [3.05, 3.63) is 76.0 Å². The van der Waals surface area contributed by atoms with Crippen LogP contribution in [0.4, 0.5) is 5.69 Å². The van der Waals surface area contributed by atoms with Gasteiger partial charge in [0.1, 0.15) is 0 Å². The number of allylic oxidation sites excluding steroid dienone is 2. The number of benzene rings is 2. The van der Waals surface area contributed by atoms with E-state index in [1.807, 2.05) is 55.5 Å². The lowest BCUT2D eigenvalue weighted by atomic mass is 9.77. The molecule has 2 aliphatic rings. The molecule has 4 heteroatoms. The summed E-state index contributed by atoms with van der Waals surface area (Å²) in [5.41, 5.74) is 4.52. The van der Waals surface area contributed by atoms with Crippen molar-refractivity contribution < 1.29 is 9.59 Å². The van der Waals surface area contributed by atoms with Gasteiger partial charge in [-0.2, -0.15) is 0 Å². The molecular weight excluding hydrogens is 346 g/mol. The second-order valence-electron chi connectivity index (χ2n) is 6.96. The van der Waals surface area contributed by atoms with Crippen molar-refractivity contribution in [3.8, 4) is 0 Å². The number of aryl methyl sites for hydroxylation is 1. The van der Waals surface area contributed by atoms with Crippen molar-refractivity contribution in [2.24, 2.45) is 0 Å². The molecule has 1 atom stereocenters. The van der Waals surface area contributed by atoms with E-state index in [1.54, 1.807) is 4.90 Å². The van der Waals surface area contributed by atoms with Crippen LogP contribution in [-0.2, 0) is 9.59 Å². The molecule has 2 aromatic carbocycles. The molecule has 0 aromatic heterocycles. The van der Waals surface area contributed by atoms with Gasteiger partial charge in [0.25, 0.3) is 0 Å². The third-order valence-corrected chi connectivity index (χ3v) is 5.52. The summed E-state index contributed by atoms with van der Waals surface area (Å²) in [6, 6.07) is 15.4. The van der Waals surface area contributed by atoms with Crippen molar-refractivity contribution in [2.45, 2.75) is 38.5 Å². The standard InChI is InChI=1S/C22H20ClNO2/c1-14-6-2-3-9-18(14)24-19-10-5-11-20(25)22(19)17(13-21(24)26)15-7-4-8-16(23)12-15/h2-4,6-9,12,17H,5,10-11,13H2,1H3. The number of amides is 1. The van der Waals surface area contributed by atoms with Crippen LogP contribution >= 0.6 is 11.6 Å². The minimum absolute atomic E-state index is 0.0396. The number of nitrogens with zero attached hydrogens (tertiary/aromatic N) is 1. The zero-order valence-corrected chi connectivity index (χ0v) is 15.4. The molecular formula is C22H20ClNO2. The first kappa shape index (κ1) is 17.0. The fourth-order valence-corrected chi connectivity index (χ4v) is 4.29. The van der Waals surface area contributed by atoms with Crippen molar-refractivity contribution >= 4 is 29.0 Å². The van der Waals surface area contributed by atoms with Crippen LogP contribution in [0.25, 0.3) is 0 Å². The van der Waals surface area contributed by atoms with E-state index in [0.717, 1.165) is 40.9 Å². The van der Waals surface area contributed by atoms with Gasteiger partial charge in [0.05, 0.1) is 5.69 Å². The third-order valence-electron chi connectivity index (χ3n) is 5.28. The van der Waals surface area contributed by atoms with E-state index in [2.05, 4.69) is 0 Å². The first-order valence-electron chi connectivity index (χ1n) is 8.96. The average molecular weight is 366 g/mol. The molecule has 0 saturated heterocycles. The van der Waals surface area contributed by atoms with E-state index in [-0.39, 0.29) is 17.6 Å². The summed E-state index contributed by atoms with van der Waals surface area (Å²) in [5.74, 6) is -0.00990. The first-order valence-corrected chi connectivity index (χ1v) is 9.34. The van der Waals surface area contributed by atoms with Crippen molar-refractivity contribution in [2.75, 3.05) is 4.90 Å². The molecule has 1 aliphatic carbocycles. The van der Waals surface area contributed by atoms with Gasteiger partial charge in [-0.15, -0.1) is 0 Å². The number of carbonyl (C=O) groups is 2. The van der Waals surface area contributed by atoms with E-state index >= 15 is 0 Å². The predicted octanol–water partition coefficient (Wildman–Crippen LogP) is 5.18. The lowest BCUT2D eigenvalue weighted by Crippen LogP contribution is -2.40. The van der Waals surface area contributed by atoms with Crippen LogP contribution in [0.5, 0.6) is 0 Å². The minimum atomic E-state index is -0.204. The molecule has 132 valence electrons. The second-order valence-corrected chi connectivity index (χ2v) is 7.40. The van der Waals surface area contributed by atoms with Gasteiger partial charge in [-0.25, -0.2) is 0 Å².